The van der Waals surface area contributed by atoms with Crippen molar-refractivity contribution in [2.45, 2.75) is 12.5 Å². The van der Waals surface area contributed by atoms with Crippen LogP contribution in [-0.2, 0) is 6.61 Å². The average Bonchev–Trinajstić information content (AvgIpc) is 3.14. The Hall–Kier alpha value is -4.65. The third kappa shape index (κ3) is 3.17. The number of allylic oxidation sites excluding steroid dienone is 1. The number of anilines is 1. The zero-order chi connectivity index (χ0) is 23.2. The van der Waals surface area contributed by atoms with Gasteiger partial charge in [0.2, 0.25) is 0 Å². The van der Waals surface area contributed by atoms with Gasteiger partial charge in [-0.1, -0.05) is 66.7 Å². The molecule has 3 N–H and O–H groups in total. The van der Waals surface area contributed by atoms with Crippen LogP contribution < -0.4 is 21.3 Å². The first kappa shape index (κ1) is 20.0. The number of ether oxygens (including phenoxy) is 1. The molecule has 0 spiro atoms. The Bertz CT molecular complexity index is 1580. The van der Waals surface area contributed by atoms with E-state index in [1.807, 2.05) is 72.8 Å². The fraction of sp³-hybridized carbons (Fsp3) is 0.0741. The fourth-order valence-corrected chi connectivity index (χ4v) is 4.68. The number of fused-ring (bicyclic) bond motifs is 3. The normalized spacial score (nSPS) is 15.9. The molecule has 34 heavy (non-hydrogen) atoms. The minimum absolute atomic E-state index is 0.135. The van der Waals surface area contributed by atoms with E-state index in [4.69, 9.17) is 4.74 Å². The molecule has 2 heterocycles. The van der Waals surface area contributed by atoms with Crippen molar-refractivity contribution in [2.75, 3.05) is 5.32 Å². The molecule has 7 heteroatoms. The number of aromatic amines is 2. The Labute approximate surface area is 193 Å². The van der Waals surface area contributed by atoms with Crippen molar-refractivity contribution in [3.05, 3.63) is 133 Å². The van der Waals surface area contributed by atoms with E-state index >= 15 is 0 Å². The number of carbonyl (C=O) groups is 1. The van der Waals surface area contributed by atoms with Gasteiger partial charge >= 0.3 is 5.69 Å². The second-order valence-corrected chi connectivity index (χ2v) is 8.26. The molecule has 2 aliphatic rings. The Balaban J connectivity index is 1.43. The number of nitrogens with one attached hydrogen (secondary N) is 3. The molecule has 0 amide bonds. The largest absolute Gasteiger partial charge is 0.489 e. The van der Waals surface area contributed by atoms with Crippen LogP contribution in [0.3, 0.4) is 0 Å². The molecule has 0 bridgehead atoms. The molecule has 1 unspecified atom stereocenters. The van der Waals surface area contributed by atoms with Gasteiger partial charge in [-0.05, 0) is 23.3 Å². The van der Waals surface area contributed by atoms with Crippen LogP contribution in [0, 0.1) is 0 Å². The van der Waals surface area contributed by atoms with E-state index in [9.17, 15) is 14.4 Å². The number of Topliss-reactive ketones (excluding diaryl/α,β-unsaturated/α-hetero) is 1. The summed E-state index contributed by atoms with van der Waals surface area (Å²) < 4.78 is 5.90. The Morgan fingerprint density at radius 2 is 1.47 bits per heavy atom. The van der Waals surface area contributed by atoms with Crippen molar-refractivity contribution < 1.29 is 9.53 Å². The highest BCUT2D eigenvalue weighted by molar-refractivity contribution is 6.23. The summed E-state index contributed by atoms with van der Waals surface area (Å²) in [6.45, 7) is 0.431. The molecule has 1 aromatic heterocycles. The van der Waals surface area contributed by atoms with E-state index in [0.717, 1.165) is 16.7 Å². The smallest absolute Gasteiger partial charge is 0.327 e. The van der Waals surface area contributed by atoms with Gasteiger partial charge in [0.15, 0.2) is 5.78 Å². The summed E-state index contributed by atoms with van der Waals surface area (Å²) in [5.74, 6) is 0.192. The maximum absolute atomic E-state index is 13.4. The third-order valence-electron chi connectivity index (χ3n) is 6.22. The number of rotatable bonds is 4. The lowest BCUT2D eigenvalue weighted by molar-refractivity contribution is 0.103. The van der Waals surface area contributed by atoms with Crippen molar-refractivity contribution in [1.82, 2.24) is 9.97 Å². The number of hydrogen-bond acceptors (Lipinski definition) is 5. The zero-order valence-corrected chi connectivity index (χ0v) is 17.9. The number of H-pyrrole nitrogens is 2. The van der Waals surface area contributed by atoms with Gasteiger partial charge in [0, 0.05) is 22.6 Å². The van der Waals surface area contributed by atoms with Crippen LogP contribution in [0.4, 0.5) is 5.82 Å². The Morgan fingerprint density at radius 3 is 2.24 bits per heavy atom. The third-order valence-corrected chi connectivity index (χ3v) is 6.22. The molecular weight excluding hydrogens is 430 g/mol. The van der Waals surface area contributed by atoms with Crippen molar-refractivity contribution in [2.24, 2.45) is 0 Å². The predicted molar refractivity (Wildman–Crippen MR) is 128 cm³/mol. The van der Waals surface area contributed by atoms with Gasteiger partial charge in [0.05, 0.1) is 11.3 Å². The molecule has 7 nitrogen and oxygen atoms in total. The number of aromatic nitrogens is 2. The SMILES string of the molecule is O=C1C2=C(Nc3[nH]c(=O)[nH]c(=O)c3C2c2ccc(OCc3ccccc3)cc2)c2ccccc21. The van der Waals surface area contributed by atoms with Crippen molar-refractivity contribution in [1.29, 1.82) is 0 Å². The van der Waals surface area contributed by atoms with Gasteiger partial charge in [0.25, 0.3) is 5.56 Å². The first-order valence-electron chi connectivity index (χ1n) is 10.9. The van der Waals surface area contributed by atoms with Crippen LogP contribution in [0.5, 0.6) is 5.75 Å². The van der Waals surface area contributed by atoms with Gasteiger partial charge in [-0.3, -0.25) is 19.6 Å². The maximum atomic E-state index is 13.4. The van der Waals surface area contributed by atoms with Crippen molar-refractivity contribution >= 4 is 17.3 Å². The molecule has 3 aromatic carbocycles. The van der Waals surface area contributed by atoms with E-state index in [1.54, 1.807) is 6.07 Å². The van der Waals surface area contributed by atoms with E-state index in [1.165, 1.54) is 0 Å². The molecular formula is C27H19N3O4. The average molecular weight is 449 g/mol. The molecule has 6 rings (SSSR count). The molecule has 0 radical (unpaired) electrons. The monoisotopic (exact) mass is 449 g/mol. The number of hydrogen-bond donors (Lipinski definition) is 3. The standard InChI is InChI=1S/C27H19N3O4/c31-24-19-9-5-4-8-18(19)23-21(24)20(22-25(28-23)29-27(33)30-26(22)32)16-10-12-17(13-11-16)34-14-15-6-2-1-3-7-15/h1-13,20H,14H2,(H3,28,29,30,32,33). The van der Waals surface area contributed by atoms with Crippen LogP contribution >= 0.6 is 0 Å². The Kier molecular flexibility index (Phi) is 4.55. The number of ketones is 1. The molecule has 1 aliphatic carbocycles. The van der Waals surface area contributed by atoms with E-state index in [-0.39, 0.29) is 5.78 Å². The fourth-order valence-electron chi connectivity index (χ4n) is 4.68. The van der Waals surface area contributed by atoms with Crippen LogP contribution in [0.1, 0.15) is 38.5 Å². The number of benzene rings is 3. The van der Waals surface area contributed by atoms with Gasteiger partial charge in [-0.25, -0.2) is 4.79 Å². The lowest BCUT2D eigenvalue weighted by Gasteiger charge is -2.27. The van der Waals surface area contributed by atoms with Gasteiger partial charge in [-0.15, -0.1) is 0 Å². The first-order chi connectivity index (χ1) is 16.6. The summed E-state index contributed by atoms with van der Waals surface area (Å²) >= 11 is 0. The first-order valence-corrected chi connectivity index (χ1v) is 10.9. The van der Waals surface area contributed by atoms with E-state index < -0.39 is 17.2 Å². The quantitative estimate of drug-likeness (QED) is 0.440. The highest BCUT2D eigenvalue weighted by Crippen LogP contribution is 2.47. The summed E-state index contributed by atoms with van der Waals surface area (Å²) in [7, 11) is 0. The van der Waals surface area contributed by atoms with Crippen molar-refractivity contribution in [3.8, 4) is 5.75 Å². The molecule has 166 valence electrons. The minimum Gasteiger partial charge on any atom is -0.489 e. The summed E-state index contributed by atoms with van der Waals surface area (Å²) in [5, 5.41) is 3.14. The highest BCUT2D eigenvalue weighted by atomic mass is 16.5. The minimum atomic E-state index is -0.644. The topological polar surface area (TPSA) is 104 Å². The lowest BCUT2D eigenvalue weighted by Crippen LogP contribution is -2.33. The molecule has 4 aromatic rings. The molecule has 0 saturated heterocycles. The summed E-state index contributed by atoms with van der Waals surface area (Å²) in [6.07, 6.45) is 0. The maximum Gasteiger partial charge on any atom is 0.327 e. The molecule has 0 saturated carbocycles. The van der Waals surface area contributed by atoms with Crippen LogP contribution in [-0.4, -0.2) is 15.8 Å². The lowest BCUT2D eigenvalue weighted by atomic mass is 9.81. The zero-order valence-electron chi connectivity index (χ0n) is 17.9. The molecule has 0 fully saturated rings. The number of carbonyl (C=O) groups excluding carboxylic acids is 1. The van der Waals surface area contributed by atoms with Crippen LogP contribution in [0.2, 0.25) is 0 Å². The van der Waals surface area contributed by atoms with Gasteiger partial charge in [0.1, 0.15) is 18.2 Å². The molecule has 1 atom stereocenters. The van der Waals surface area contributed by atoms with Crippen LogP contribution in [0.15, 0.2) is 94.0 Å². The van der Waals surface area contributed by atoms with E-state index in [2.05, 4.69) is 15.3 Å². The predicted octanol–water partition coefficient (Wildman–Crippen LogP) is 3.81. The second-order valence-electron chi connectivity index (χ2n) is 8.26. The van der Waals surface area contributed by atoms with E-state index in [0.29, 0.717) is 40.6 Å². The summed E-state index contributed by atoms with van der Waals surface area (Å²) in [6, 6.07) is 24.5. The molecule has 1 aliphatic heterocycles. The summed E-state index contributed by atoms with van der Waals surface area (Å²) in [5.41, 5.74) is 3.39. The summed E-state index contributed by atoms with van der Waals surface area (Å²) in [4.78, 5) is 43.3. The van der Waals surface area contributed by atoms with Gasteiger partial charge in [-0.2, -0.15) is 0 Å². The highest BCUT2D eigenvalue weighted by Gasteiger charge is 2.41. The van der Waals surface area contributed by atoms with Gasteiger partial charge < -0.3 is 10.1 Å². The Morgan fingerprint density at radius 1 is 0.765 bits per heavy atom. The second kappa shape index (κ2) is 7.74. The van der Waals surface area contributed by atoms with Crippen molar-refractivity contribution in [3.63, 3.8) is 0 Å². The van der Waals surface area contributed by atoms with Crippen LogP contribution in [0.25, 0.3) is 5.70 Å².